The molecule has 3 rings (SSSR count). The van der Waals surface area contributed by atoms with Gasteiger partial charge in [0.2, 0.25) is 0 Å². The first kappa shape index (κ1) is 8.75. The van der Waals surface area contributed by atoms with E-state index in [-0.39, 0.29) is 48.2 Å². The van der Waals surface area contributed by atoms with Crippen LogP contribution in [0, 0.1) is 0 Å². The Bertz CT molecular complexity index is 726. The van der Waals surface area contributed by atoms with Gasteiger partial charge in [-0.25, -0.2) is 0 Å². The summed E-state index contributed by atoms with van der Waals surface area (Å²) in [6, 6.07) is 6.17. The van der Waals surface area contributed by atoms with E-state index in [0.29, 0.717) is 19.7 Å². The summed E-state index contributed by atoms with van der Waals surface area (Å²) in [7, 11) is 0. The molecular formula is C16H18ClNO. The number of ether oxygens (including phenoxy) is 1. The summed E-state index contributed by atoms with van der Waals surface area (Å²) in [5.41, 5.74) is 2.03. The Balaban J connectivity index is 0.00000208. The van der Waals surface area contributed by atoms with E-state index in [9.17, 15) is 0 Å². The molecule has 3 heteroatoms. The molecule has 2 aromatic carbocycles. The molecule has 0 aromatic heterocycles. The number of halogens is 1. The zero-order chi connectivity index (χ0) is 16.6. The Kier molecular flexibility index (Phi) is 3.09. The van der Waals surface area contributed by atoms with Crippen LogP contribution >= 0.6 is 12.4 Å². The first-order valence-electron chi connectivity index (χ1n) is 8.49. The van der Waals surface area contributed by atoms with E-state index in [2.05, 4.69) is 5.32 Å². The average molecular weight is 281 g/mol. The van der Waals surface area contributed by atoms with Gasteiger partial charge < -0.3 is 10.1 Å². The first-order chi connectivity index (χ1) is 11.0. The zero-order valence-electron chi connectivity index (χ0n) is 15.3. The summed E-state index contributed by atoms with van der Waals surface area (Å²) in [4.78, 5) is 0. The summed E-state index contributed by atoms with van der Waals surface area (Å²) in [6.07, 6.45) is -0.665. The van der Waals surface area contributed by atoms with E-state index in [1.165, 1.54) is 0 Å². The highest BCUT2D eigenvalue weighted by molar-refractivity contribution is 5.85. The van der Waals surface area contributed by atoms with Gasteiger partial charge in [-0.15, -0.1) is 12.4 Å². The monoisotopic (exact) mass is 280 g/mol. The molecule has 1 heterocycles. The van der Waals surface area contributed by atoms with Crippen LogP contribution in [0.15, 0.2) is 54.5 Å². The molecule has 1 N–H and O–H groups in total. The van der Waals surface area contributed by atoms with Crippen molar-refractivity contribution in [3.63, 3.8) is 0 Å². The largest absolute Gasteiger partial charge is 0.367 e. The topological polar surface area (TPSA) is 21.3 Å². The molecule has 0 aliphatic carbocycles. The third kappa shape index (κ3) is 3.16. The maximum Gasteiger partial charge on any atom is 0.108 e. The van der Waals surface area contributed by atoms with Gasteiger partial charge in [0, 0.05) is 13.1 Å². The minimum atomic E-state index is -0.665. The molecule has 1 atom stereocenters. The van der Waals surface area contributed by atoms with Crippen molar-refractivity contribution in [1.82, 2.24) is 5.32 Å². The summed E-state index contributed by atoms with van der Waals surface area (Å²) in [5, 5.41) is 3.25. The molecule has 1 aliphatic heterocycles. The molecule has 2 aromatic rings. The second-order valence-corrected chi connectivity index (χ2v) is 4.17. The Hall–Kier alpha value is -1.35. The highest BCUT2D eigenvalue weighted by Crippen LogP contribution is 2.29. The molecule has 0 radical (unpaired) electrons. The van der Waals surface area contributed by atoms with Gasteiger partial charge in [-0.05, 0) is 16.7 Å². The third-order valence-corrected chi connectivity index (χ3v) is 3.00. The van der Waals surface area contributed by atoms with Crippen LogP contribution in [0.5, 0.6) is 0 Å². The number of benzene rings is 2. The van der Waals surface area contributed by atoms with Crippen molar-refractivity contribution in [3.8, 4) is 0 Å². The second kappa shape index (κ2) is 6.71. The van der Waals surface area contributed by atoms with Crippen molar-refractivity contribution >= 4 is 12.4 Å². The highest BCUT2D eigenvalue weighted by Gasteiger charge is 2.19. The van der Waals surface area contributed by atoms with Gasteiger partial charge in [0.05, 0.1) is 13.5 Å². The molecule has 0 saturated carbocycles. The van der Waals surface area contributed by atoms with Crippen molar-refractivity contribution in [2.45, 2.75) is 12.6 Å². The number of fused-ring (bicyclic) bond motifs is 1. The number of hydrogen-bond donors (Lipinski definition) is 1. The summed E-state index contributed by atoms with van der Waals surface area (Å²) in [6.45, 7) is 1.71. The number of hydrogen-bond acceptors (Lipinski definition) is 2. The van der Waals surface area contributed by atoms with Crippen LogP contribution < -0.4 is 5.32 Å². The Morgan fingerprint density at radius 3 is 2.79 bits per heavy atom. The van der Waals surface area contributed by atoms with E-state index >= 15 is 0 Å². The van der Waals surface area contributed by atoms with Gasteiger partial charge in [-0.2, -0.15) is 0 Å². The Morgan fingerprint density at radius 2 is 1.95 bits per heavy atom. The van der Waals surface area contributed by atoms with E-state index in [0.717, 1.165) is 11.1 Å². The molecule has 19 heavy (non-hydrogen) atoms. The predicted molar refractivity (Wildman–Crippen MR) is 79.6 cm³/mol. The molecule has 0 saturated heterocycles. The maximum absolute atomic E-state index is 8.17. The molecule has 2 nitrogen and oxygen atoms in total. The minimum absolute atomic E-state index is 0. The lowest BCUT2D eigenvalue weighted by atomic mass is 9.96. The summed E-state index contributed by atoms with van der Waals surface area (Å²) in [5.74, 6) is 0. The van der Waals surface area contributed by atoms with Crippen LogP contribution in [0.2, 0.25) is 0 Å². The van der Waals surface area contributed by atoms with Gasteiger partial charge in [0.15, 0.2) is 0 Å². The van der Waals surface area contributed by atoms with Gasteiger partial charge >= 0.3 is 0 Å². The van der Waals surface area contributed by atoms with Crippen LogP contribution in [0.4, 0.5) is 0 Å². The molecule has 0 amide bonds. The molecule has 0 spiro atoms. The Labute approximate surface area is 127 Å². The van der Waals surface area contributed by atoms with E-state index < -0.39 is 6.10 Å². The van der Waals surface area contributed by atoms with Crippen molar-refractivity contribution in [2.24, 2.45) is 0 Å². The number of rotatable bonds is 1. The minimum Gasteiger partial charge on any atom is -0.367 e. The summed E-state index contributed by atoms with van der Waals surface area (Å²) >= 11 is 0. The van der Waals surface area contributed by atoms with E-state index in [1.807, 2.05) is 24.3 Å². The van der Waals surface area contributed by atoms with Crippen molar-refractivity contribution < 1.29 is 11.6 Å². The zero-order valence-corrected chi connectivity index (χ0v) is 11.1. The lowest BCUT2D eigenvalue weighted by Gasteiger charge is -2.24. The van der Waals surface area contributed by atoms with Crippen LogP contribution in [-0.4, -0.2) is 13.2 Å². The standard InChI is InChI=1S/C16H17NO.ClH/c1-2-6-13(7-3-1)16-15-9-5-4-8-14(15)12-17-10-11-18-16;/h1-9,16-17H,10-12H2;1H/i1D,2D,3D,6D,7D;. The van der Waals surface area contributed by atoms with Crippen molar-refractivity contribution in [1.29, 1.82) is 0 Å². The fraction of sp³-hybridized carbons (Fsp3) is 0.250. The Morgan fingerprint density at radius 1 is 1.16 bits per heavy atom. The van der Waals surface area contributed by atoms with E-state index in [1.54, 1.807) is 0 Å². The maximum atomic E-state index is 8.17. The molecule has 0 fully saturated rings. The van der Waals surface area contributed by atoms with Gasteiger partial charge in [0.25, 0.3) is 0 Å². The van der Waals surface area contributed by atoms with Crippen LogP contribution in [-0.2, 0) is 11.3 Å². The predicted octanol–water partition coefficient (Wildman–Crippen LogP) is 3.32. The third-order valence-electron chi connectivity index (χ3n) is 3.00. The fourth-order valence-electron chi connectivity index (χ4n) is 2.14. The van der Waals surface area contributed by atoms with Crippen molar-refractivity contribution in [3.05, 3.63) is 71.2 Å². The van der Waals surface area contributed by atoms with Gasteiger partial charge in [-0.3, -0.25) is 0 Å². The quantitative estimate of drug-likeness (QED) is 0.865. The van der Waals surface area contributed by atoms with E-state index in [4.69, 9.17) is 11.6 Å². The molecule has 1 aliphatic rings. The van der Waals surface area contributed by atoms with Crippen LogP contribution in [0.25, 0.3) is 0 Å². The van der Waals surface area contributed by atoms with Gasteiger partial charge in [0.1, 0.15) is 6.10 Å². The molecule has 0 bridgehead atoms. The average Bonchev–Trinajstić information content (AvgIpc) is 2.54. The smallest absolute Gasteiger partial charge is 0.108 e. The lowest BCUT2D eigenvalue weighted by Crippen LogP contribution is -2.25. The molecular weight excluding hydrogens is 258 g/mol. The second-order valence-electron chi connectivity index (χ2n) is 4.17. The van der Waals surface area contributed by atoms with Crippen LogP contribution in [0.1, 0.15) is 29.6 Å². The molecule has 100 valence electrons. The molecule has 1 unspecified atom stereocenters. The highest BCUT2D eigenvalue weighted by atomic mass is 35.5. The van der Waals surface area contributed by atoms with Gasteiger partial charge in [-0.1, -0.05) is 54.5 Å². The lowest BCUT2D eigenvalue weighted by molar-refractivity contribution is 0.0776. The first-order valence-corrected chi connectivity index (χ1v) is 5.99. The fourth-order valence-corrected chi connectivity index (χ4v) is 2.14. The number of nitrogens with one attached hydrogen (secondary N) is 1. The normalized spacial score (nSPS) is 22.3. The van der Waals surface area contributed by atoms with Crippen LogP contribution in [0.3, 0.4) is 0 Å². The SMILES string of the molecule is Cl.[2H]c1c([2H])c([2H])c(C2OCCNCc3ccccc32)c([2H])c1[2H]. The van der Waals surface area contributed by atoms with Crippen molar-refractivity contribution in [2.75, 3.05) is 13.2 Å². The summed E-state index contributed by atoms with van der Waals surface area (Å²) < 4.78 is 45.7.